The van der Waals surface area contributed by atoms with E-state index in [2.05, 4.69) is 24.4 Å². The molecule has 0 heterocycles. The third-order valence-corrected chi connectivity index (χ3v) is 4.59. The standard InChI is InChI=1S/C16H29N/c1-14-6-5-9-15(12-14)10-11-17-13-16-7-3-2-4-8-16/h2-3,14-17H,4-13H2,1H3. The van der Waals surface area contributed by atoms with E-state index in [0.29, 0.717) is 0 Å². The molecule has 0 bridgehead atoms. The first-order valence-corrected chi connectivity index (χ1v) is 7.70. The van der Waals surface area contributed by atoms with Crippen LogP contribution >= 0.6 is 0 Å². The predicted molar refractivity (Wildman–Crippen MR) is 75.1 cm³/mol. The van der Waals surface area contributed by atoms with Crippen LogP contribution in [-0.2, 0) is 0 Å². The molecule has 3 atom stereocenters. The third kappa shape index (κ3) is 4.83. The van der Waals surface area contributed by atoms with Crippen LogP contribution in [0.1, 0.15) is 58.3 Å². The molecule has 1 N–H and O–H groups in total. The van der Waals surface area contributed by atoms with Gasteiger partial charge in [0.05, 0.1) is 0 Å². The highest BCUT2D eigenvalue weighted by atomic mass is 14.9. The van der Waals surface area contributed by atoms with E-state index < -0.39 is 0 Å². The van der Waals surface area contributed by atoms with Gasteiger partial charge in [0.25, 0.3) is 0 Å². The van der Waals surface area contributed by atoms with E-state index in [-0.39, 0.29) is 0 Å². The van der Waals surface area contributed by atoms with Crippen LogP contribution in [0.4, 0.5) is 0 Å². The van der Waals surface area contributed by atoms with E-state index in [1.54, 1.807) is 0 Å². The molecule has 1 nitrogen and oxygen atoms in total. The average molecular weight is 235 g/mol. The van der Waals surface area contributed by atoms with Crippen LogP contribution in [0, 0.1) is 17.8 Å². The molecule has 3 unspecified atom stereocenters. The molecule has 0 amide bonds. The predicted octanol–water partition coefficient (Wildman–Crippen LogP) is 4.15. The quantitative estimate of drug-likeness (QED) is 0.557. The van der Waals surface area contributed by atoms with Gasteiger partial charge in [-0.15, -0.1) is 0 Å². The molecule has 98 valence electrons. The van der Waals surface area contributed by atoms with Gasteiger partial charge in [0.15, 0.2) is 0 Å². The lowest BCUT2D eigenvalue weighted by molar-refractivity contribution is 0.265. The number of hydrogen-bond donors (Lipinski definition) is 1. The largest absolute Gasteiger partial charge is 0.316 e. The van der Waals surface area contributed by atoms with E-state index in [1.807, 2.05) is 0 Å². The maximum Gasteiger partial charge on any atom is -0.00174 e. The van der Waals surface area contributed by atoms with E-state index in [0.717, 1.165) is 17.8 Å². The van der Waals surface area contributed by atoms with Gasteiger partial charge in [0, 0.05) is 0 Å². The Morgan fingerprint density at radius 1 is 1.12 bits per heavy atom. The summed E-state index contributed by atoms with van der Waals surface area (Å²) in [6, 6.07) is 0. The second-order valence-corrected chi connectivity index (χ2v) is 6.28. The van der Waals surface area contributed by atoms with Crippen LogP contribution in [0.15, 0.2) is 12.2 Å². The first-order chi connectivity index (χ1) is 8.34. The highest BCUT2D eigenvalue weighted by molar-refractivity contribution is 4.90. The van der Waals surface area contributed by atoms with Crippen LogP contribution in [0.25, 0.3) is 0 Å². The first kappa shape index (κ1) is 13.1. The minimum Gasteiger partial charge on any atom is -0.316 e. The second-order valence-electron chi connectivity index (χ2n) is 6.28. The van der Waals surface area contributed by atoms with Crippen molar-refractivity contribution in [2.24, 2.45) is 17.8 Å². The zero-order valence-corrected chi connectivity index (χ0v) is 11.5. The van der Waals surface area contributed by atoms with Crippen molar-refractivity contribution < 1.29 is 0 Å². The van der Waals surface area contributed by atoms with Crippen LogP contribution < -0.4 is 5.32 Å². The lowest BCUT2D eigenvalue weighted by Gasteiger charge is -2.27. The SMILES string of the molecule is CC1CCCC(CCNCC2CC=CCC2)C1. The Balaban J connectivity index is 1.52. The van der Waals surface area contributed by atoms with Crippen LogP contribution in [0.3, 0.4) is 0 Å². The summed E-state index contributed by atoms with van der Waals surface area (Å²) in [7, 11) is 0. The lowest BCUT2D eigenvalue weighted by atomic mass is 9.81. The molecular weight excluding hydrogens is 206 g/mol. The van der Waals surface area contributed by atoms with Crippen molar-refractivity contribution in [3.63, 3.8) is 0 Å². The fraction of sp³-hybridized carbons (Fsp3) is 0.875. The molecule has 0 aromatic rings. The molecule has 1 saturated carbocycles. The minimum atomic E-state index is 0.908. The monoisotopic (exact) mass is 235 g/mol. The summed E-state index contributed by atoms with van der Waals surface area (Å²) in [6.07, 6.45) is 16.0. The van der Waals surface area contributed by atoms with Crippen molar-refractivity contribution in [1.29, 1.82) is 0 Å². The highest BCUT2D eigenvalue weighted by Crippen LogP contribution is 2.30. The maximum atomic E-state index is 3.68. The van der Waals surface area contributed by atoms with E-state index >= 15 is 0 Å². The van der Waals surface area contributed by atoms with Crippen LogP contribution in [0.2, 0.25) is 0 Å². The number of rotatable bonds is 5. The molecule has 1 heteroatoms. The zero-order chi connectivity index (χ0) is 11.9. The summed E-state index contributed by atoms with van der Waals surface area (Å²) >= 11 is 0. The van der Waals surface area contributed by atoms with E-state index in [4.69, 9.17) is 0 Å². The molecule has 17 heavy (non-hydrogen) atoms. The molecule has 2 aliphatic rings. The maximum absolute atomic E-state index is 3.68. The van der Waals surface area contributed by atoms with Crippen molar-refractivity contribution in [2.75, 3.05) is 13.1 Å². The molecule has 0 aliphatic heterocycles. The van der Waals surface area contributed by atoms with Crippen molar-refractivity contribution in [3.05, 3.63) is 12.2 Å². The van der Waals surface area contributed by atoms with Gasteiger partial charge in [0.2, 0.25) is 0 Å². The third-order valence-electron chi connectivity index (χ3n) is 4.59. The van der Waals surface area contributed by atoms with Gasteiger partial charge in [-0.1, -0.05) is 38.3 Å². The molecule has 2 aliphatic carbocycles. The van der Waals surface area contributed by atoms with Gasteiger partial charge in [-0.3, -0.25) is 0 Å². The van der Waals surface area contributed by atoms with Crippen LogP contribution in [-0.4, -0.2) is 13.1 Å². The fourth-order valence-corrected chi connectivity index (χ4v) is 3.48. The van der Waals surface area contributed by atoms with Gasteiger partial charge in [-0.05, 0) is 62.9 Å². The molecule has 1 fully saturated rings. The molecule has 2 rings (SSSR count). The highest BCUT2D eigenvalue weighted by Gasteiger charge is 2.18. The molecular formula is C16H29N. The molecule has 0 saturated heterocycles. The molecule has 0 spiro atoms. The Hall–Kier alpha value is -0.300. The molecule has 0 aromatic heterocycles. The van der Waals surface area contributed by atoms with Crippen molar-refractivity contribution >= 4 is 0 Å². The number of nitrogens with one attached hydrogen (secondary N) is 1. The van der Waals surface area contributed by atoms with Crippen molar-refractivity contribution in [3.8, 4) is 0 Å². The van der Waals surface area contributed by atoms with Crippen molar-refractivity contribution in [2.45, 2.75) is 58.3 Å². The zero-order valence-electron chi connectivity index (χ0n) is 11.5. The Kier molecular flexibility index (Phi) is 5.57. The first-order valence-electron chi connectivity index (χ1n) is 7.70. The summed E-state index contributed by atoms with van der Waals surface area (Å²) in [5.74, 6) is 2.90. The summed E-state index contributed by atoms with van der Waals surface area (Å²) in [5.41, 5.74) is 0. The Morgan fingerprint density at radius 3 is 2.82 bits per heavy atom. The van der Waals surface area contributed by atoms with E-state index in [1.165, 1.54) is 64.5 Å². The lowest BCUT2D eigenvalue weighted by Crippen LogP contribution is -2.26. The van der Waals surface area contributed by atoms with Crippen LogP contribution in [0.5, 0.6) is 0 Å². The van der Waals surface area contributed by atoms with Gasteiger partial charge in [-0.2, -0.15) is 0 Å². The van der Waals surface area contributed by atoms with E-state index in [9.17, 15) is 0 Å². The molecule has 0 aromatic carbocycles. The number of allylic oxidation sites excluding steroid dienone is 2. The summed E-state index contributed by atoms with van der Waals surface area (Å²) in [6.45, 7) is 4.91. The van der Waals surface area contributed by atoms with Crippen molar-refractivity contribution in [1.82, 2.24) is 5.32 Å². The number of hydrogen-bond acceptors (Lipinski definition) is 1. The molecule has 0 radical (unpaired) electrons. The summed E-state index contributed by atoms with van der Waals surface area (Å²) < 4.78 is 0. The summed E-state index contributed by atoms with van der Waals surface area (Å²) in [4.78, 5) is 0. The minimum absolute atomic E-state index is 0.908. The summed E-state index contributed by atoms with van der Waals surface area (Å²) in [5, 5.41) is 3.68. The smallest absolute Gasteiger partial charge is 0.00174 e. The normalized spacial score (nSPS) is 33.8. The van der Waals surface area contributed by atoms with Gasteiger partial charge in [-0.25, -0.2) is 0 Å². The van der Waals surface area contributed by atoms with Gasteiger partial charge < -0.3 is 5.32 Å². The topological polar surface area (TPSA) is 12.0 Å². The Bertz CT molecular complexity index is 234. The Labute approximate surface area is 107 Å². The van der Waals surface area contributed by atoms with Gasteiger partial charge in [0.1, 0.15) is 0 Å². The average Bonchev–Trinajstić information content (AvgIpc) is 2.36. The Morgan fingerprint density at radius 2 is 2.06 bits per heavy atom. The fourth-order valence-electron chi connectivity index (χ4n) is 3.48. The second kappa shape index (κ2) is 7.20. The van der Waals surface area contributed by atoms with Gasteiger partial charge >= 0.3 is 0 Å².